The highest BCUT2D eigenvalue weighted by Gasteiger charge is 2.44. The van der Waals surface area contributed by atoms with E-state index in [4.69, 9.17) is 0 Å². The Morgan fingerprint density at radius 3 is 2.49 bits per heavy atom. The van der Waals surface area contributed by atoms with Gasteiger partial charge in [-0.25, -0.2) is 0 Å². The molecule has 206 valence electrons. The van der Waals surface area contributed by atoms with Crippen LogP contribution in [0.25, 0.3) is 6.08 Å². The molecule has 0 radical (unpaired) electrons. The minimum absolute atomic E-state index is 0.0169. The number of carbonyl (C=O) groups excluding carboxylic acids is 1. The van der Waals surface area contributed by atoms with E-state index in [0.717, 1.165) is 36.5 Å². The van der Waals surface area contributed by atoms with Gasteiger partial charge < -0.3 is 20.3 Å². The molecule has 3 aromatic carbocycles. The summed E-state index contributed by atoms with van der Waals surface area (Å²) in [5.74, 6) is -0.894. The number of ether oxygens (including phenoxy) is 1. The van der Waals surface area contributed by atoms with Crippen molar-refractivity contribution in [2.24, 2.45) is 0 Å². The van der Waals surface area contributed by atoms with Crippen LogP contribution in [0, 0.1) is 0 Å². The summed E-state index contributed by atoms with van der Waals surface area (Å²) in [5, 5.41) is 23.5. The minimum Gasteiger partial charge on any atom is -0.428 e. The Balaban J connectivity index is 1.63. The number of rotatable bonds is 10. The van der Waals surface area contributed by atoms with Crippen molar-refractivity contribution in [2.75, 3.05) is 0 Å². The number of amides is 1. The second-order valence-corrected chi connectivity index (χ2v) is 9.41. The van der Waals surface area contributed by atoms with Crippen LogP contribution in [0.4, 0.5) is 17.6 Å². The molecule has 0 bridgehead atoms. The number of hydrogen-bond donors (Lipinski definition) is 3. The zero-order chi connectivity index (χ0) is 28.0. The maximum absolute atomic E-state index is 13.5. The van der Waals surface area contributed by atoms with Gasteiger partial charge in [-0.15, -0.1) is 0 Å². The highest BCUT2D eigenvalue weighted by molar-refractivity contribution is 5.98. The van der Waals surface area contributed by atoms with Crippen LogP contribution in [0.2, 0.25) is 0 Å². The van der Waals surface area contributed by atoms with Crippen LogP contribution >= 0.6 is 0 Å². The number of fused-ring (bicyclic) bond motifs is 1. The predicted octanol–water partition coefficient (Wildman–Crippen LogP) is 5.84. The van der Waals surface area contributed by atoms with Gasteiger partial charge in [0, 0.05) is 5.56 Å². The molecule has 9 heteroatoms. The second-order valence-electron chi connectivity index (χ2n) is 9.41. The summed E-state index contributed by atoms with van der Waals surface area (Å²) in [7, 11) is 0. The third-order valence-electron chi connectivity index (χ3n) is 6.61. The summed E-state index contributed by atoms with van der Waals surface area (Å²) in [6.45, 7) is -0.181. The van der Waals surface area contributed by atoms with Crippen molar-refractivity contribution in [3.63, 3.8) is 0 Å². The van der Waals surface area contributed by atoms with Crippen LogP contribution in [0.3, 0.4) is 0 Å². The minimum atomic E-state index is -4.67. The smallest absolute Gasteiger partial charge is 0.428 e. The van der Waals surface area contributed by atoms with Crippen molar-refractivity contribution < 1.29 is 37.3 Å². The van der Waals surface area contributed by atoms with Gasteiger partial charge in [-0.05, 0) is 71.7 Å². The summed E-state index contributed by atoms with van der Waals surface area (Å²) >= 11 is 0. The number of benzene rings is 3. The molecule has 0 aromatic heterocycles. The molecule has 39 heavy (non-hydrogen) atoms. The lowest BCUT2D eigenvalue weighted by Gasteiger charge is -2.26. The third kappa shape index (κ3) is 7.04. The molecule has 0 fully saturated rings. The number of halogens is 4. The maximum Gasteiger partial charge on any atom is 0.461 e. The monoisotopic (exact) mass is 543 g/mol. The summed E-state index contributed by atoms with van der Waals surface area (Å²) < 4.78 is 56.4. The number of carbonyl (C=O) groups is 1. The molecule has 0 saturated heterocycles. The van der Waals surface area contributed by atoms with Crippen LogP contribution in [0.15, 0.2) is 72.8 Å². The van der Waals surface area contributed by atoms with E-state index in [1.54, 1.807) is 42.5 Å². The zero-order valence-corrected chi connectivity index (χ0v) is 21.0. The number of nitrogens with one attached hydrogen (secondary N) is 1. The topological polar surface area (TPSA) is 78.8 Å². The van der Waals surface area contributed by atoms with Crippen LogP contribution in [-0.4, -0.2) is 34.7 Å². The van der Waals surface area contributed by atoms with Crippen LogP contribution in [0.5, 0.6) is 5.75 Å². The predicted molar refractivity (Wildman–Crippen MR) is 139 cm³/mol. The molecule has 3 aromatic rings. The van der Waals surface area contributed by atoms with E-state index < -0.39 is 36.3 Å². The Morgan fingerprint density at radius 2 is 1.77 bits per heavy atom. The number of aliphatic hydroxyl groups is 2. The highest BCUT2D eigenvalue weighted by Crippen LogP contribution is 2.29. The molecular formula is C30H29F4NO4. The lowest BCUT2D eigenvalue weighted by molar-refractivity contribution is -0.253. The number of aliphatic hydroxyl groups excluding tert-OH is 2. The van der Waals surface area contributed by atoms with Gasteiger partial charge in [0.15, 0.2) is 0 Å². The average molecular weight is 544 g/mol. The Hall–Kier alpha value is -3.69. The third-order valence-corrected chi connectivity index (χ3v) is 6.61. The van der Waals surface area contributed by atoms with E-state index in [9.17, 15) is 32.6 Å². The van der Waals surface area contributed by atoms with Gasteiger partial charge in [-0.1, -0.05) is 60.7 Å². The largest absolute Gasteiger partial charge is 0.461 e. The average Bonchev–Trinajstić information content (AvgIpc) is 3.18. The van der Waals surface area contributed by atoms with Crippen molar-refractivity contribution in [3.8, 4) is 5.75 Å². The SMILES string of the molecule is O=C(NC(Cc1cccc(OC(F)(F)C(F)F)c1)C(O)c1ccc(CO)cc1)c1cccc2c1C=CCCC2. The lowest BCUT2D eigenvalue weighted by atomic mass is 9.94. The van der Waals surface area contributed by atoms with Gasteiger partial charge in [0.2, 0.25) is 0 Å². The van der Waals surface area contributed by atoms with Gasteiger partial charge in [-0.3, -0.25) is 4.79 Å². The van der Waals surface area contributed by atoms with E-state index in [-0.39, 0.29) is 13.0 Å². The molecule has 1 aliphatic rings. The van der Waals surface area contributed by atoms with E-state index in [1.807, 2.05) is 18.2 Å². The lowest BCUT2D eigenvalue weighted by Crippen LogP contribution is -2.41. The van der Waals surface area contributed by atoms with E-state index in [0.29, 0.717) is 22.3 Å². The van der Waals surface area contributed by atoms with Crippen molar-refractivity contribution in [3.05, 3.63) is 106 Å². The van der Waals surface area contributed by atoms with E-state index >= 15 is 0 Å². The Morgan fingerprint density at radius 1 is 1.03 bits per heavy atom. The maximum atomic E-state index is 13.5. The highest BCUT2D eigenvalue weighted by atomic mass is 19.3. The standard InChI is InChI=1S/C30H29F4NO4/c31-29(32)30(33,34)39-23-9-4-6-20(16-23)17-26(27(37)22-14-12-19(18-36)13-15-22)35-28(38)25-11-5-8-21-7-2-1-3-10-24(21)25/h3-6,8-16,26-27,29,36-37H,1-2,7,17-18H2,(H,35,38). The van der Waals surface area contributed by atoms with Gasteiger partial charge >= 0.3 is 12.5 Å². The number of hydrogen-bond acceptors (Lipinski definition) is 4. The first-order chi connectivity index (χ1) is 18.7. The summed E-state index contributed by atoms with van der Waals surface area (Å²) in [6.07, 6.45) is -3.30. The molecule has 0 saturated carbocycles. The fraction of sp³-hybridized carbons (Fsp3) is 0.300. The molecule has 0 heterocycles. The first kappa shape index (κ1) is 28.3. The first-order valence-corrected chi connectivity index (χ1v) is 12.6. The quantitative estimate of drug-likeness (QED) is 0.281. The van der Waals surface area contributed by atoms with Crippen LogP contribution < -0.4 is 10.1 Å². The molecule has 1 amide bonds. The molecule has 5 nitrogen and oxygen atoms in total. The summed E-state index contributed by atoms with van der Waals surface area (Å²) in [5.41, 5.74) is 3.75. The Kier molecular flexibility index (Phi) is 9.04. The van der Waals surface area contributed by atoms with Gasteiger partial charge in [-0.2, -0.15) is 17.6 Å². The molecule has 1 aliphatic carbocycles. The summed E-state index contributed by atoms with van der Waals surface area (Å²) in [4.78, 5) is 13.5. The summed E-state index contributed by atoms with van der Waals surface area (Å²) in [6, 6.07) is 16.3. The Labute approximate surface area is 223 Å². The van der Waals surface area contributed by atoms with Gasteiger partial charge in [0.1, 0.15) is 5.75 Å². The van der Waals surface area contributed by atoms with Crippen molar-refractivity contribution >= 4 is 12.0 Å². The Bertz CT molecular complexity index is 1310. The molecule has 0 spiro atoms. The van der Waals surface area contributed by atoms with Crippen LogP contribution in [0.1, 0.15) is 57.1 Å². The molecule has 3 N–H and O–H groups in total. The number of alkyl halides is 4. The van der Waals surface area contributed by atoms with Gasteiger partial charge in [0.25, 0.3) is 5.91 Å². The van der Waals surface area contributed by atoms with Crippen LogP contribution in [-0.2, 0) is 19.4 Å². The molecule has 4 rings (SSSR count). The van der Waals surface area contributed by atoms with Crippen molar-refractivity contribution in [1.82, 2.24) is 5.32 Å². The fourth-order valence-electron chi connectivity index (χ4n) is 4.57. The van der Waals surface area contributed by atoms with Crippen molar-refractivity contribution in [2.45, 2.75) is 57.0 Å². The second kappa shape index (κ2) is 12.4. The van der Waals surface area contributed by atoms with Crippen molar-refractivity contribution in [1.29, 1.82) is 0 Å². The number of allylic oxidation sites excluding steroid dienone is 1. The first-order valence-electron chi connectivity index (χ1n) is 12.6. The molecule has 2 atom stereocenters. The molecular weight excluding hydrogens is 514 g/mol. The zero-order valence-electron chi connectivity index (χ0n) is 21.0. The van der Waals surface area contributed by atoms with Gasteiger partial charge in [0.05, 0.1) is 18.8 Å². The van der Waals surface area contributed by atoms with E-state index in [2.05, 4.69) is 10.1 Å². The molecule has 2 unspecified atom stereocenters. The molecule has 0 aliphatic heterocycles. The van der Waals surface area contributed by atoms with E-state index in [1.165, 1.54) is 12.1 Å². The normalized spacial score (nSPS) is 14.8. The number of aryl methyl sites for hydroxylation is 1. The fourth-order valence-corrected chi connectivity index (χ4v) is 4.57.